The molecule has 0 bridgehead atoms. The number of piperazine rings is 1. The quantitative estimate of drug-likeness (QED) is 0.602. The highest BCUT2D eigenvalue weighted by molar-refractivity contribution is 7.89. The third-order valence-electron chi connectivity index (χ3n) is 4.98. The highest BCUT2D eigenvalue weighted by Crippen LogP contribution is 2.27. The van der Waals surface area contributed by atoms with Crippen molar-refractivity contribution in [3.8, 4) is 16.6 Å². The third kappa shape index (κ3) is 4.07. The zero-order valence-electron chi connectivity index (χ0n) is 16.2. The molecule has 0 spiro atoms. The molecule has 3 aromatic rings. The van der Waals surface area contributed by atoms with Gasteiger partial charge in [-0.05, 0) is 24.3 Å². The van der Waals surface area contributed by atoms with Crippen molar-refractivity contribution in [2.24, 2.45) is 0 Å². The second-order valence-electron chi connectivity index (χ2n) is 6.82. The summed E-state index contributed by atoms with van der Waals surface area (Å²) in [6.07, 6.45) is 0. The number of carbonyl (C=O) groups excluding carboxylic acids is 1. The SMILES string of the molecule is N#Cc1ccccc1S(=O)(=O)N1CCN(C(=O)c2csc(-c3ccccc3F)n2)CC1. The van der Waals surface area contributed by atoms with E-state index in [1.54, 1.807) is 35.7 Å². The number of thiazole rings is 1. The maximum absolute atomic E-state index is 14.0. The van der Waals surface area contributed by atoms with Crippen LogP contribution in [0.2, 0.25) is 0 Å². The Morgan fingerprint density at radius 2 is 1.74 bits per heavy atom. The van der Waals surface area contributed by atoms with Crippen LogP contribution in [-0.4, -0.2) is 54.7 Å². The Balaban J connectivity index is 1.46. The first-order chi connectivity index (χ1) is 14.9. The molecule has 1 fully saturated rings. The van der Waals surface area contributed by atoms with Crippen LogP contribution >= 0.6 is 11.3 Å². The Kier molecular flexibility index (Phi) is 5.82. The lowest BCUT2D eigenvalue weighted by molar-refractivity contribution is 0.0693. The Morgan fingerprint density at radius 3 is 2.45 bits per heavy atom. The van der Waals surface area contributed by atoms with E-state index < -0.39 is 15.8 Å². The summed E-state index contributed by atoms with van der Waals surface area (Å²) in [5.74, 6) is -0.736. The van der Waals surface area contributed by atoms with Crippen molar-refractivity contribution in [2.75, 3.05) is 26.2 Å². The fourth-order valence-corrected chi connectivity index (χ4v) is 5.73. The largest absolute Gasteiger partial charge is 0.335 e. The summed E-state index contributed by atoms with van der Waals surface area (Å²) in [6.45, 7) is 0.606. The number of rotatable bonds is 4. The number of nitrogens with zero attached hydrogens (tertiary/aromatic N) is 4. The van der Waals surface area contributed by atoms with E-state index in [-0.39, 0.29) is 48.2 Å². The van der Waals surface area contributed by atoms with Crippen LogP contribution in [-0.2, 0) is 10.0 Å². The molecule has 0 unspecified atom stereocenters. The fraction of sp³-hybridized carbons (Fsp3) is 0.190. The van der Waals surface area contributed by atoms with E-state index in [0.29, 0.717) is 10.6 Å². The van der Waals surface area contributed by atoms with Gasteiger partial charge in [0.15, 0.2) is 0 Å². The van der Waals surface area contributed by atoms with Crippen LogP contribution in [0.25, 0.3) is 10.6 Å². The van der Waals surface area contributed by atoms with Crippen LogP contribution in [0.1, 0.15) is 16.1 Å². The molecule has 2 aromatic carbocycles. The maximum Gasteiger partial charge on any atom is 0.273 e. The molecule has 0 aliphatic carbocycles. The van der Waals surface area contributed by atoms with Crippen LogP contribution in [0.3, 0.4) is 0 Å². The summed E-state index contributed by atoms with van der Waals surface area (Å²) in [5.41, 5.74) is 0.622. The van der Waals surface area contributed by atoms with Crippen molar-refractivity contribution >= 4 is 27.3 Å². The standard InChI is InChI=1S/C21H17FN4O3S2/c22-17-7-3-2-6-16(17)20-24-18(14-30-20)21(27)25-9-11-26(12-10-25)31(28,29)19-8-4-1-5-15(19)13-23/h1-8,14H,9-12H2. The van der Waals surface area contributed by atoms with Crippen molar-refractivity contribution < 1.29 is 17.6 Å². The van der Waals surface area contributed by atoms with Gasteiger partial charge in [0.25, 0.3) is 5.91 Å². The molecule has 31 heavy (non-hydrogen) atoms. The van der Waals surface area contributed by atoms with Crippen LogP contribution < -0.4 is 0 Å². The lowest BCUT2D eigenvalue weighted by atomic mass is 10.2. The molecule has 4 rings (SSSR count). The van der Waals surface area contributed by atoms with Gasteiger partial charge in [-0.25, -0.2) is 17.8 Å². The highest BCUT2D eigenvalue weighted by Gasteiger charge is 2.32. The molecule has 10 heteroatoms. The van der Waals surface area contributed by atoms with Crippen LogP contribution in [0.4, 0.5) is 4.39 Å². The lowest BCUT2D eigenvalue weighted by Crippen LogP contribution is -2.50. The van der Waals surface area contributed by atoms with Crippen molar-refractivity contribution in [2.45, 2.75) is 4.90 Å². The Morgan fingerprint density at radius 1 is 1.06 bits per heavy atom. The van der Waals surface area contributed by atoms with Crippen molar-refractivity contribution in [1.29, 1.82) is 5.26 Å². The Hall–Kier alpha value is -3.13. The minimum Gasteiger partial charge on any atom is -0.335 e. The van der Waals surface area contributed by atoms with Crippen LogP contribution in [0.5, 0.6) is 0 Å². The van der Waals surface area contributed by atoms with Gasteiger partial charge < -0.3 is 4.90 Å². The third-order valence-corrected chi connectivity index (χ3v) is 7.81. The average Bonchev–Trinajstić information content (AvgIpc) is 3.29. The molecule has 0 radical (unpaired) electrons. The predicted octanol–water partition coefficient (Wildman–Crippen LogP) is 2.97. The number of sulfonamides is 1. The number of hydrogen-bond acceptors (Lipinski definition) is 6. The molecule has 1 aliphatic heterocycles. The van der Waals surface area contributed by atoms with Gasteiger partial charge in [-0.15, -0.1) is 11.3 Å². The number of amides is 1. The summed E-state index contributed by atoms with van der Waals surface area (Å²) in [6, 6.07) is 14.2. The number of benzene rings is 2. The number of aromatic nitrogens is 1. The zero-order chi connectivity index (χ0) is 22.0. The van der Waals surface area contributed by atoms with E-state index in [4.69, 9.17) is 0 Å². The summed E-state index contributed by atoms with van der Waals surface area (Å²) in [7, 11) is -3.84. The summed E-state index contributed by atoms with van der Waals surface area (Å²) in [4.78, 5) is 18.6. The first kappa shape index (κ1) is 21.1. The van der Waals surface area contributed by atoms with Crippen molar-refractivity contribution in [3.05, 3.63) is 71.0 Å². The summed E-state index contributed by atoms with van der Waals surface area (Å²) < 4.78 is 41.1. The van der Waals surface area contributed by atoms with Gasteiger partial charge >= 0.3 is 0 Å². The fourth-order valence-electron chi connectivity index (χ4n) is 3.35. The minimum absolute atomic E-state index is 0.0358. The monoisotopic (exact) mass is 456 g/mol. The second kappa shape index (κ2) is 8.55. The molecule has 1 aliphatic rings. The minimum atomic E-state index is -3.84. The molecule has 1 aromatic heterocycles. The normalized spacial score (nSPS) is 14.9. The van der Waals surface area contributed by atoms with Gasteiger partial charge in [0.1, 0.15) is 22.6 Å². The van der Waals surface area contributed by atoms with E-state index in [2.05, 4.69) is 4.98 Å². The molecule has 158 valence electrons. The maximum atomic E-state index is 14.0. The number of nitriles is 1. The van der Waals surface area contributed by atoms with Gasteiger partial charge in [0.05, 0.1) is 10.5 Å². The van der Waals surface area contributed by atoms with Gasteiger partial charge in [-0.3, -0.25) is 4.79 Å². The highest BCUT2D eigenvalue weighted by atomic mass is 32.2. The molecule has 1 saturated heterocycles. The molecular formula is C21H17FN4O3S2. The van der Waals surface area contributed by atoms with Gasteiger partial charge in [0.2, 0.25) is 10.0 Å². The molecule has 0 saturated carbocycles. The van der Waals surface area contributed by atoms with Crippen molar-refractivity contribution in [1.82, 2.24) is 14.2 Å². The summed E-state index contributed by atoms with van der Waals surface area (Å²) in [5, 5.41) is 11.2. The van der Waals surface area contributed by atoms with E-state index in [1.165, 1.54) is 38.7 Å². The van der Waals surface area contributed by atoms with Crippen molar-refractivity contribution in [3.63, 3.8) is 0 Å². The molecule has 0 atom stereocenters. The van der Waals surface area contributed by atoms with Gasteiger partial charge in [-0.1, -0.05) is 24.3 Å². The molecular weight excluding hydrogens is 439 g/mol. The average molecular weight is 457 g/mol. The lowest BCUT2D eigenvalue weighted by Gasteiger charge is -2.33. The van der Waals surface area contributed by atoms with Gasteiger partial charge in [-0.2, -0.15) is 9.57 Å². The first-order valence-corrected chi connectivity index (χ1v) is 11.7. The van der Waals surface area contributed by atoms with Crippen LogP contribution in [0, 0.1) is 17.1 Å². The Labute approximate surface area is 183 Å². The Bertz CT molecular complexity index is 1280. The van der Waals surface area contributed by atoms with E-state index >= 15 is 0 Å². The van der Waals surface area contributed by atoms with E-state index in [0.717, 1.165) is 0 Å². The smallest absolute Gasteiger partial charge is 0.273 e. The summed E-state index contributed by atoms with van der Waals surface area (Å²) >= 11 is 1.18. The molecule has 1 amide bonds. The topological polar surface area (TPSA) is 94.4 Å². The predicted molar refractivity (Wildman–Crippen MR) is 113 cm³/mol. The molecule has 7 nitrogen and oxygen atoms in total. The van der Waals surface area contributed by atoms with E-state index in [1.807, 2.05) is 6.07 Å². The molecule has 2 heterocycles. The molecule has 0 N–H and O–H groups in total. The number of carbonyl (C=O) groups is 1. The first-order valence-electron chi connectivity index (χ1n) is 9.41. The van der Waals surface area contributed by atoms with E-state index in [9.17, 15) is 22.9 Å². The van der Waals surface area contributed by atoms with Gasteiger partial charge in [0, 0.05) is 37.1 Å². The number of hydrogen-bond donors (Lipinski definition) is 0. The van der Waals surface area contributed by atoms with Crippen LogP contribution in [0.15, 0.2) is 58.8 Å². The zero-order valence-corrected chi connectivity index (χ0v) is 17.9. The number of halogens is 1. The second-order valence-corrected chi connectivity index (χ2v) is 9.59.